The summed E-state index contributed by atoms with van der Waals surface area (Å²) < 4.78 is 17.9. The van der Waals surface area contributed by atoms with E-state index in [0.29, 0.717) is 18.1 Å². The van der Waals surface area contributed by atoms with Gasteiger partial charge in [-0.2, -0.15) is 0 Å². The molecule has 1 aliphatic rings. The van der Waals surface area contributed by atoms with E-state index in [2.05, 4.69) is 4.98 Å². The zero-order valence-electron chi connectivity index (χ0n) is 17.3. The number of benzene rings is 2. The van der Waals surface area contributed by atoms with Crippen molar-refractivity contribution in [2.45, 2.75) is 18.9 Å². The van der Waals surface area contributed by atoms with E-state index in [1.807, 2.05) is 53.4 Å². The van der Waals surface area contributed by atoms with Crippen molar-refractivity contribution >= 4 is 27.5 Å². The average molecular weight is 435 g/mol. The number of furan rings is 1. The maximum absolute atomic E-state index is 13.3. The molecule has 4 aromatic rings. The van der Waals surface area contributed by atoms with E-state index in [-0.39, 0.29) is 11.9 Å². The summed E-state index contributed by atoms with van der Waals surface area (Å²) in [5, 5.41) is 0.773. The summed E-state index contributed by atoms with van der Waals surface area (Å²) >= 11 is 1.56. The predicted molar refractivity (Wildman–Crippen MR) is 120 cm³/mol. The van der Waals surface area contributed by atoms with Crippen molar-refractivity contribution in [3.63, 3.8) is 0 Å². The van der Waals surface area contributed by atoms with Gasteiger partial charge in [-0.05, 0) is 49.2 Å². The third-order valence-corrected chi connectivity index (χ3v) is 6.69. The highest BCUT2D eigenvalue weighted by Crippen LogP contribution is 2.40. The molecule has 7 heteroatoms. The number of rotatable bonds is 5. The van der Waals surface area contributed by atoms with Crippen LogP contribution in [0.3, 0.4) is 0 Å². The van der Waals surface area contributed by atoms with Gasteiger partial charge < -0.3 is 18.8 Å². The molecule has 1 amide bonds. The highest BCUT2D eigenvalue weighted by molar-refractivity contribution is 7.21. The Morgan fingerprint density at radius 1 is 1.13 bits per heavy atom. The third kappa shape index (κ3) is 3.55. The fourth-order valence-electron chi connectivity index (χ4n) is 4.11. The van der Waals surface area contributed by atoms with Crippen molar-refractivity contribution in [2.75, 3.05) is 20.8 Å². The number of carbonyl (C=O) groups excluding carboxylic acids is 1. The number of fused-ring (bicyclic) bond motifs is 1. The second-order valence-corrected chi connectivity index (χ2v) is 8.45. The molecule has 0 aliphatic carbocycles. The molecule has 0 radical (unpaired) electrons. The van der Waals surface area contributed by atoms with Gasteiger partial charge in [0.25, 0.3) is 5.91 Å². The van der Waals surface area contributed by atoms with Crippen LogP contribution in [-0.4, -0.2) is 36.6 Å². The van der Waals surface area contributed by atoms with Gasteiger partial charge in [0.1, 0.15) is 11.5 Å². The normalized spacial score (nSPS) is 16.1. The number of hydrogen-bond donors (Lipinski definition) is 0. The largest absolute Gasteiger partial charge is 0.497 e. The number of carbonyl (C=O) groups is 1. The molecule has 6 nitrogen and oxygen atoms in total. The maximum atomic E-state index is 13.3. The summed E-state index contributed by atoms with van der Waals surface area (Å²) in [6.45, 7) is 0.676. The molecule has 0 saturated carbocycles. The summed E-state index contributed by atoms with van der Waals surface area (Å²) in [5.41, 5.74) is 1.91. The third-order valence-electron chi connectivity index (χ3n) is 5.63. The van der Waals surface area contributed by atoms with E-state index in [4.69, 9.17) is 13.9 Å². The lowest BCUT2D eigenvalue weighted by Crippen LogP contribution is -2.30. The lowest BCUT2D eigenvalue weighted by atomic mass is 10.0. The summed E-state index contributed by atoms with van der Waals surface area (Å²) in [5.74, 6) is 2.27. The van der Waals surface area contributed by atoms with Crippen molar-refractivity contribution in [3.8, 4) is 22.3 Å². The Morgan fingerprint density at radius 2 is 2.00 bits per heavy atom. The Balaban J connectivity index is 1.42. The molecule has 0 N–H and O–H groups in total. The Morgan fingerprint density at radius 3 is 2.81 bits per heavy atom. The lowest BCUT2D eigenvalue weighted by Gasteiger charge is -2.25. The second kappa shape index (κ2) is 8.07. The minimum absolute atomic E-state index is 0.0654. The second-order valence-electron chi connectivity index (χ2n) is 7.42. The van der Waals surface area contributed by atoms with E-state index >= 15 is 0 Å². The molecular weight excluding hydrogens is 412 g/mol. The number of aromatic nitrogens is 1. The van der Waals surface area contributed by atoms with E-state index < -0.39 is 0 Å². The molecule has 5 rings (SSSR count). The van der Waals surface area contributed by atoms with Crippen LogP contribution in [0.2, 0.25) is 0 Å². The van der Waals surface area contributed by atoms with Crippen molar-refractivity contribution < 1.29 is 18.7 Å². The molecule has 1 atom stereocenters. The quantitative estimate of drug-likeness (QED) is 0.412. The zero-order chi connectivity index (χ0) is 21.4. The first-order chi connectivity index (χ1) is 15.2. The number of methoxy groups -OCH3 is 2. The van der Waals surface area contributed by atoms with Crippen LogP contribution in [-0.2, 0) is 0 Å². The number of thiazole rings is 1. The van der Waals surface area contributed by atoms with Crippen LogP contribution in [0.4, 0.5) is 0 Å². The summed E-state index contributed by atoms with van der Waals surface area (Å²) in [7, 11) is 3.26. The molecular formula is C24H22N2O4S. The molecule has 31 heavy (non-hydrogen) atoms. The molecule has 158 valence electrons. The Hall–Kier alpha value is -3.32. The lowest BCUT2D eigenvalue weighted by molar-refractivity contribution is 0.0702. The zero-order valence-corrected chi connectivity index (χ0v) is 18.1. The Labute approximate surface area is 184 Å². The Bertz CT molecular complexity index is 1210. The summed E-state index contributed by atoms with van der Waals surface area (Å²) in [6.07, 6.45) is 1.80. The van der Waals surface area contributed by atoms with Crippen molar-refractivity contribution in [1.82, 2.24) is 9.88 Å². The number of ether oxygens (including phenoxy) is 2. The van der Waals surface area contributed by atoms with Gasteiger partial charge in [0.05, 0.1) is 30.5 Å². The standard InChI is InChI=1S/C24H22N2O4S/c1-28-15-9-10-16(21(14-15)29-2)18-7-5-13-26(18)24(27)20-12-11-19(30-20)23-25-17-6-3-4-8-22(17)31-23/h3-4,6,8-12,14,18H,5,7,13H2,1-2H3. The molecule has 2 aromatic heterocycles. The van der Waals surface area contributed by atoms with Crippen LogP contribution < -0.4 is 9.47 Å². The topological polar surface area (TPSA) is 64.8 Å². The van der Waals surface area contributed by atoms with Crippen LogP contribution in [0, 0.1) is 0 Å². The number of likely N-dealkylation sites (tertiary alicyclic amines) is 1. The fraction of sp³-hybridized carbons (Fsp3) is 0.250. The molecule has 1 aliphatic heterocycles. The first-order valence-electron chi connectivity index (χ1n) is 10.2. The van der Waals surface area contributed by atoms with Crippen molar-refractivity contribution in [2.24, 2.45) is 0 Å². The molecule has 1 saturated heterocycles. The predicted octanol–water partition coefficient (Wildman–Crippen LogP) is 5.55. The maximum Gasteiger partial charge on any atom is 0.290 e. The molecule has 1 unspecified atom stereocenters. The van der Waals surface area contributed by atoms with Gasteiger partial charge in [-0.1, -0.05) is 12.1 Å². The minimum Gasteiger partial charge on any atom is -0.497 e. The van der Waals surface area contributed by atoms with Gasteiger partial charge >= 0.3 is 0 Å². The van der Waals surface area contributed by atoms with Gasteiger partial charge in [-0.15, -0.1) is 11.3 Å². The first-order valence-corrected chi connectivity index (χ1v) is 11.0. The molecule has 3 heterocycles. The molecule has 0 bridgehead atoms. The van der Waals surface area contributed by atoms with Gasteiger partial charge in [0.15, 0.2) is 16.5 Å². The van der Waals surface area contributed by atoms with E-state index in [1.54, 1.807) is 31.6 Å². The van der Waals surface area contributed by atoms with Crippen molar-refractivity contribution in [3.05, 3.63) is 65.9 Å². The number of nitrogens with zero attached hydrogens (tertiary/aromatic N) is 2. The monoisotopic (exact) mass is 434 g/mol. The average Bonchev–Trinajstić information content (AvgIpc) is 3.56. The number of amides is 1. The fourth-order valence-corrected chi connectivity index (χ4v) is 5.04. The van der Waals surface area contributed by atoms with Crippen LogP contribution in [0.5, 0.6) is 11.5 Å². The Kier molecular flexibility index (Phi) is 5.11. The SMILES string of the molecule is COc1ccc(C2CCCN2C(=O)c2ccc(-c3nc4ccccc4s3)o2)c(OC)c1. The summed E-state index contributed by atoms with van der Waals surface area (Å²) in [4.78, 5) is 19.8. The summed E-state index contributed by atoms with van der Waals surface area (Å²) in [6, 6.07) is 17.2. The highest BCUT2D eigenvalue weighted by atomic mass is 32.1. The molecule has 0 spiro atoms. The van der Waals surface area contributed by atoms with E-state index in [1.165, 1.54) is 0 Å². The molecule has 1 fully saturated rings. The van der Waals surface area contributed by atoms with Crippen molar-refractivity contribution in [1.29, 1.82) is 0 Å². The van der Waals surface area contributed by atoms with E-state index in [0.717, 1.165) is 45.1 Å². The van der Waals surface area contributed by atoms with Gasteiger partial charge in [0, 0.05) is 18.2 Å². The smallest absolute Gasteiger partial charge is 0.290 e. The van der Waals surface area contributed by atoms with Gasteiger partial charge in [-0.25, -0.2) is 4.98 Å². The van der Waals surface area contributed by atoms with Crippen LogP contribution in [0.25, 0.3) is 21.0 Å². The first kappa shape index (κ1) is 19.6. The van der Waals surface area contributed by atoms with Crippen LogP contribution >= 0.6 is 11.3 Å². The minimum atomic E-state index is -0.118. The van der Waals surface area contributed by atoms with E-state index in [9.17, 15) is 4.79 Å². The van der Waals surface area contributed by atoms with Gasteiger partial charge in [-0.3, -0.25) is 4.79 Å². The van der Waals surface area contributed by atoms with Gasteiger partial charge in [0.2, 0.25) is 0 Å². The van der Waals surface area contributed by atoms with Crippen LogP contribution in [0.1, 0.15) is 35.0 Å². The highest BCUT2D eigenvalue weighted by Gasteiger charge is 2.34. The van der Waals surface area contributed by atoms with Crippen LogP contribution in [0.15, 0.2) is 59.0 Å². The molecule has 2 aromatic carbocycles. The number of para-hydroxylation sites is 1. The number of hydrogen-bond acceptors (Lipinski definition) is 6.